The van der Waals surface area contributed by atoms with Gasteiger partial charge in [0.2, 0.25) is 5.16 Å². The number of hydrogen-bond acceptors (Lipinski definition) is 6. The van der Waals surface area contributed by atoms with Crippen LogP contribution in [0.1, 0.15) is 72.9 Å². The molecule has 0 amide bonds. The number of nitrogens with zero attached hydrogens (tertiary/aromatic N) is 5. The molecule has 1 aliphatic rings. The van der Waals surface area contributed by atoms with Crippen LogP contribution in [0.5, 0.6) is 0 Å². The molecule has 0 aliphatic heterocycles. The van der Waals surface area contributed by atoms with Crippen molar-refractivity contribution in [3.8, 4) is 0 Å². The SMILES string of the molecule is COCC(C)n1c(C)cc(C(=O)CSc2nnnn2C2CCCCC2)c1C. The van der Waals surface area contributed by atoms with Crippen LogP contribution in [-0.4, -0.2) is 50.0 Å². The maximum Gasteiger partial charge on any atom is 0.210 e. The van der Waals surface area contributed by atoms with Gasteiger partial charge in [0.05, 0.1) is 24.4 Å². The molecular formula is C19H29N5O2S. The molecule has 8 heteroatoms. The summed E-state index contributed by atoms with van der Waals surface area (Å²) < 4.78 is 9.36. The predicted molar refractivity (Wildman–Crippen MR) is 105 cm³/mol. The van der Waals surface area contributed by atoms with E-state index in [0.717, 1.165) is 34.9 Å². The van der Waals surface area contributed by atoms with E-state index < -0.39 is 0 Å². The van der Waals surface area contributed by atoms with Gasteiger partial charge in [-0.15, -0.1) is 5.10 Å². The minimum atomic E-state index is 0.113. The Kier molecular flexibility index (Phi) is 6.70. The van der Waals surface area contributed by atoms with Crippen LogP contribution in [0.3, 0.4) is 0 Å². The lowest BCUT2D eigenvalue weighted by atomic mass is 9.96. The van der Waals surface area contributed by atoms with Crippen LogP contribution in [0, 0.1) is 13.8 Å². The molecule has 2 aromatic heterocycles. The van der Waals surface area contributed by atoms with Gasteiger partial charge in [0.15, 0.2) is 5.78 Å². The Balaban J connectivity index is 1.69. The number of carbonyl (C=O) groups excluding carboxylic acids is 1. The maximum absolute atomic E-state index is 12.9. The largest absolute Gasteiger partial charge is 0.383 e. The summed E-state index contributed by atoms with van der Waals surface area (Å²) in [6.07, 6.45) is 5.96. The first-order valence-electron chi connectivity index (χ1n) is 9.64. The molecule has 148 valence electrons. The van der Waals surface area contributed by atoms with Crippen LogP contribution < -0.4 is 0 Å². The average molecular weight is 392 g/mol. The molecular weight excluding hydrogens is 362 g/mol. The summed E-state index contributed by atoms with van der Waals surface area (Å²) in [6, 6.07) is 2.54. The van der Waals surface area contributed by atoms with E-state index in [4.69, 9.17) is 4.74 Å². The Morgan fingerprint density at radius 2 is 2.07 bits per heavy atom. The van der Waals surface area contributed by atoms with E-state index in [9.17, 15) is 4.79 Å². The van der Waals surface area contributed by atoms with Gasteiger partial charge in [-0.3, -0.25) is 4.79 Å². The van der Waals surface area contributed by atoms with Gasteiger partial charge in [-0.25, -0.2) is 4.68 Å². The minimum absolute atomic E-state index is 0.113. The van der Waals surface area contributed by atoms with Crippen LogP contribution in [-0.2, 0) is 4.74 Å². The highest BCUT2D eigenvalue weighted by Gasteiger charge is 2.23. The number of ether oxygens (including phenoxy) is 1. The first kappa shape index (κ1) is 20.1. The molecule has 0 spiro atoms. The molecule has 0 bridgehead atoms. The van der Waals surface area contributed by atoms with Gasteiger partial charge < -0.3 is 9.30 Å². The molecule has 7 nitrogen and oxygen atoms in total. The molecule has 0 saturated heterocycles. The summed E-state index contributed by atoms with van der Waals surface area (Å²) in [5.74, 6) is 0.456. The number of aryl methyl sites for hydroxylation is 1. The van der Waals surface area contributed by atoms with Gasteiger partial charge >= 0.3 is 0 Å². The topological polar surface area (TPSA) is 74.8 Å². The van der Waals surface area contributed by atoms with Gasteiger partial charge in [0.1, 0.15) is 0 Å². The molecule has 2 heterocycles. The van der Waals surface area contributed by atoms with Crippen molar-refractivity contribution in [2.45, 2.75) is 70.1 Å². The molecule has 1 fully saturated rings. The highest BCUT2D eigenvalue weighted by molar-refractivity contribution is 7.99. The lowest BCUT2D eigenvalue weighted by molar-refractivity contribution is 0.102. The van der Waals surface area contributed by atoms with Crippen molar-refractivity contribution in [2.75, 3.05) is 19.5 Å². The van der Waals surface area contributed by atoms with Gasteiger partial charge in [-0.2, -0.15) is 0 Å². The van der Waals surface area contributed by atoms with Crippen molar-refractivity contribution < 1.29 is 9.53 Å². The fourth-order valence-electron chi connectivity index (χ4n) is 4.10. The zero-order chi connectivity index (χ0) is 19.4. The van der Waals surface area contributed by atoms with Crippen LogP contribution in [0.25, 0.3) is 0 Å². The van der Waals surface area contributed by atoms with Crippen molar-refractivity contribution >= 4 is 17.5 Å². The quantitative estimate of drug-likeness (QED) is 0.504. The number of hydrogen-bond donors (Lipinski definition) is 0. The van der Waals surface area contributed by atoms with Crippen molar-refractivity contribution in [3.05, 3.63) is 23.0 Å². The lowest BCUT2D eigenvalue weighted by Gasteiger charge is -2.21. The number of thioether (sulfide) groups is 1. The molecule has 1 unspecified atom stereocenters. The lowest BCUT2D eigenvalue weighted by Crippen LogP contribution is -2.16. The standard InChI is InChI=1S/C19H29N5O2S/c1-13-10-17(15(3)23(13)14(2)11-26-4)18(25)12-27-19-20-21-22-24(19)16-8-6-5-7-9-16/h10,14,16H,5-9,11-12H2,1-4H3. The second-order valence-corrected chi connectivity index (χ2v) is 8.31. The fraction of sp³-hybridized carbons (Fsp3) is 0.684. The summed E-state index contributed by atoms with van der Waals surface area (Å²) in [5.41, 5.74) is 2.85. The van der Waals surface area contributed by atoms with E-state index in [0.29, 0.717) is 18.4 Å². The third-order valence-electron chi connectivity index (χ3n) is 5.35. The second-order valence-electron chi connectivity index (χ2n) is 7.37. The Morgan fingerprint density at radius 1 is 1.33 bits per heavy atom. The number of rotatable bonds is 8. The Labute approximate surface area is 164 Å². The van der Waals surface area contributed by atoms with E-state index in [2.05, 4.69) is 27.0 Å². The first-order chi connectivity index (χ1) is 13.0. The summed E-state index contributed by atoms with van der Waals surface area (Å²) in [6.45, 7) is 6.76. The predicted octanol–water partition coefficient (Wildman–Crippen LogP) is 3.78. The minimum Gasteiger partial charge on any atom is -0.383 e. The zero-order valence-electron chi connectivity index (χ0n) is 16.6. The number of ketones is 1. The number of methoxy groups -OCH3 is 1. The molecule has 1 saturated carbocycles. The molecule has 0 N–H and O–H groups in total. The molecule has 1 atom stereocenters. The van der Waals surface area contributed by atoms with Crippen molar-refractivity contribution in [3.63, 3.8) is 0 Å². The number of aromatic nitrogens is 5. The Bertz CT molecular complexity index is 779. The van der Waals surface area contributed by atoms with Crippen molar-refractivity contribution in [1.82, 2.24) is 24.8 Å². The summed E-state index contributed by atoms with van der Waals surface area (Å²) in [7, 11) is 1.70. The number of tetrazole rings is 1. The smallest absolute Gasteiger partial charge is 0.210 e. The van der Waals surface area contributed by atoms with Gasteiger partial charge in [-0.05, 0) is 50.1 Å². The molecule has 0 radical (unpaired) electrons. The van der Waals surface area contributed by atoms with Gasteiger partial charge in [0.25, 0.3) is 0 Å². The molecule has 2 aromatic rings. The summed E-state index contributed by atoms with van der Waals surface area (Å²) in [5, 5.41) is 12.9. The highest BCUT2D eigenvalue weighted by Crippen LogP contribution is 2.30. The summed E-state index contributed by atoms with van der Waals surface area (Å²) in [4.78, 5) is 12.9. The number of carbonyl (C=O) groups is 1. The van der Waals surface area contributed by atoms with Gasteiger partial charge in [-0.1, -0.05) is 31.0 Å². The summed E-state index contributed by atoms with van der Waals surface area (Å²) >= 11 is 1.44. The van der Waals surface area contributed by atoms with Gasteiger partial charge in [0, 0.05) is 24.1 Å². The zero-order valence-corrected chi connectivity index (χ0v) is 17.5. The molecule has 27 heavy (non-hydrogen) atoms. The van der Waals surface area contributed by atoms with E-state index in [1.807, 2.05) is 24.6 Å². The fourth-order valence-corrected chi connectivity index (χ4v) is 4.92. The number of Topliss-reactive ketones (excluding diaryl/α,β-unsaturated/α-hetero) is 1. The highest BCUT2D eigenvalue weighted by atomic mass is 32.2. The van der Waals surface area contributed by atoms with Crippen LogP contribution in [0.15, 0.2) is 11.2 Å². The van der Waals surface area contributed by atoms with Crippen LogP contribution in [0.2, 0.25) is 0 Å². The van der Waals surface area contributed by atoms with E-state index in [1.54, 1.807) is 7.11 Å². The average Bonchev–Trinajstić information content (AvgIpc) is 3.25. The Morgan fingerprint density at radius 3 is 2.78 bits per heavy atom. The van der Waals surface area contributed by atoms with E-state index >= 15 is 0 Å². The molecule has 3 rings (SSSR count). The maximum atomic E-state index is 12.9. The Hall–Kier alpha value is -1.67. The normalized spacial score (nSPS) is 16.6. The molecule has 1 aliphatic carbocycles. The van der Waals surface area contributed by atoms with Crippen LogP contribution in [0.4, 0.5) is 0 Å². The van der Waals surface area contributed by atoms with E-state index in [-0.39, 0.29) is 11.8 Å². The third-order valence-corrected chi connectivity index (χ3v) is 6.28. The monoisotopic (exact) mass is 391 g/mol. The second kappa shape index (κ2) is 9.01. The van der Waals surface area contributed by atoms with Crippen molar-refractivity contribution in [2.24, 2.45) is 0 Å². The molecule has 0 aromatic carbocycles. The van der Waals surface area contributed by atoms with Crippen LogP contribution >= 0.6 is 11.8 Å². The third kappa shape index (κ3) is 4.43. The van der Waals surface area contributed by atoms with E-state index in [1.165, 1.54) is 31.0 Å². The van der Waals surface area contributed by atoms with Crippen molar-refractivity contribution in [1.29, 1.82) is 0 Å². The first-order valence-corrected chi connectivity index (χ1v) is 10.6.